The smallest absolute Gasteiger partial charge is 0.306 e. The Morgan fingerprint density at radius 2 is 2.29 bits per heavy atom. The fourth-order valence-corrected chi connectivity index (χ4v) is 3.21. The molecule has 1 atom stereocenters. The van der Waals surface area contributed by atoms with Crippen LogP contribution in [-0.2, 0) is 15.3 Å². The van der Waals surface area contributed by atoms with Crippen molar-refractivity contribution in [1.82, 2.24) is 10.3 Å². The molecule has 0 saturated heterocycles. The molecule has 2 N–H and O–H groups in total. The second kappa shape index (κ2) is 9.78. The van der Waals surface area contributed by atoms with Crippen LogP contribution in [0.15, 0.2) is 5.38 Å². The van der Waals surface area contributed by atoms with Crippen molar-refractivity contribution in [3.8, 4) is 0 Å². The molecule has 0 aliphatic carbocycles. The van der Waals surface area contributed by atoms with Crippen LogP contribution in [0.5, 0.6) is 0 Å². The number of nitrogens with zero attached hydrogens (tertiary/aromatic N) is 1. The standard InChI is InChI=1S/C14H22N2O3S2/c1-10(14(18)19)4-3-6-15-13(17)5-7-20-8-12-9-21-11(2)16-12/h9-10H,3-8H2,1-2H3,(H,15,17)(H,18,19). The van der Waals surface area contributed by atoms with Crippen LogP contribution >= 0.6 is 23.1 Å². The Morgan fingerprint density at radius 3 is 2.90 bits per heavy atom. The van der Waals surface area contributed by atoms with Gasteiger partial charge in [0.1, 0.15) is 0 Å². The summed E-state index contributed by atoms with van der Waals surface area (Å²) in [7, 11) is 0. The summed E-state index contributed by atoms with van der Waals surface area (Å²) in [4.78, 5) is 26.6. The third kappa shape index (κ3) is 8.06. The molecular weight excluding hydrogens is 308 g/mol. The van der Waals surface area contributed by atoms with E-state index in [-0.39, 0.29) is 11.8 Å². The quantitative estimate of drug-likeness (QED) is 0.645. The number of carboxylic acids is 1. The highest BCUT2D eigenvalue weighted by Gasteiger charge is 2.10. The number of aliphatic carboxylic acids is 1. The zero-order valence-electron chi connectivity index (χ0n) is 12.4. The minimum Gasteiger partial charge on any atom is -0.481 e. The molecule has 1 unspecified atom stereocenters. The molecule has 0 aromatic carbocycles. The van der Waals surface area contributed by atoms with Gasteiger partial charge in [0.15, 0.2) is 0 Å². The molecule has 21 heavy (non-hydrogen) atoms. The molecule has 7 heteroatoms. The molecule has 0 aliphatic rings. The van der Waals surface area contributed by atoms with Gasteiger partial charge in [-0.25, -0.2) is 4.98 Å². The first-order valence-corrected chi connectivity index (χ1v) is 9.00. The molecule has 0 saturated carbocycles. The van der Waals surface area contributed by atoms with E-state index < -0.39 is 5.97 Å². The maximum absolute atomic E-state index is 11.6. The molecule has 0 radical (unpaired) electrons. The summed E-state index contributed by atoms with van der Waals surface area (Å²) in [6.07, 6.45) is 1.78. The van der Waals surface area contributed by atoms with E-state index in [1.807, 2.05) is 12.3 Å². The third-order valence-corrected chi connectivity index (χ3v) is 4.76. The van der Waals surface area contributed by atoms with E-state index in [1.165, 1.54) is 0 Å². The first-order chi connectivity index (χ1) is 9.99. The number of thiazole rings is 1. The average Bonchev–Trinajstić information content (AvgIpc) is 2.85. The van der Waals surface area contributed by atoms with Crippen LogP contribution in [0.1, 0.15) is 36.9 Å². The Balaban J connectivity index is 2.00. The Labute approximate surface area is 133 Å². The summed E-state index contributed by atoms with van der Waals surface area (Å²) < 4.78 is 0. The van der Waals surface area contributed by atoms with Crippen molar-refractivity contribution in [3.05, 3.63) is 16.1 Å². The van der Waals surface area contributed by atoms with E-state index in [1.54, 1.807) is 30.0 Å². The second-order valence-corrected chi connectivity index (χ2v) is 7.06. The van der Waals surface area contributed by atoms with Gasteiger partial charge in [-0.15, -0.1) is 11.3 Å². The minimum atomic E-state index is -0.782. The number of rotatable bonds is 10. The number of aromatic nitrogens is 1. The Bertz CT molecular complexity index is 463. The molecule has 118 valence electrons. The Kier molecular flexibility index (Phi) is 8.37. The van der Waals surface area contributed by atoms with Crippen molar-refractivity contribution in [2.24, 2.45) is 5.92 Å². The molecule has 1 amide bonds. The summed E-state index contributed by atoms with van der Waals surface area (Å²) in [5.41, 5.74) is 1.07. The lowest BCUT2D eigenvalue weighted by atomic mass is 10.1. The summed E-state index contributed by atoms with van der Waals surface area (Å²) in [6.45, 7) is 4.21. The van der Waals surface area contributed by atoms with Crippen molar-refractivity contribution < 1.29 is 14.7 Å². The predicted octanol–water partition coefficient (Wildman–Crippen LogP) is 2.69. The summed E-state index contributed by atoms with van der Waals surface area (Å²) in [5.74, 6) is 0.510. The lowest BCUT2D eigenvalue weighted by Crippen LogP contribution is -2.25. The molecule has 5 nitrogen and oxygen atoms in total. The zero-order valence-corrected chi connectivity index (χ0v) is 14.1. The van der Waals surface area contributed by atoms with E-state index in [0.29, 0.717) is 25.8 Å². The molecular formula is C14H22N2O3S2. The SMILES string of the molecule is Cc1nc(CSCCC(=O)NCCCC(C)C(=O)O)cs1. The van der Waals surface area contributed by atoms with E-state index in [2.05, 4.69) is 10.3 Å². The fourth-order valence-electron chi connectivity index (χ4n) is 1.66. The highest BCUT2D eigenvalue weighted by atomic mass is 32.2. The number of carboxylic acid groups (broad SMARTS) is 1. The van der Waals surface area contributed by atoms with Gasteiger partial charge in [0.25, 0.3) is 0 Å². The predicted molar refractivity (Wildman–Crippen MR) is 86.7 cm³/mol. The first kappa shape index (κ1) is 18.0. The van der Waals surface area contributed by atoms with Gasteiger partial charge >= 0.3 is 5.97 Å². The number of nitrogens with one attached hydrogen (secondary N) is 1. The molecule has 1 rings (SSSR count). The maximum atomic E-state index is 11.6. The average molecular weight is 330 g/mol. The van der Waals surface area contributed by atoms with Gasteiger partial charge in [0, 0.05) is 29.9 Å². The molecule has 0 bridgehead atoms. The topological polar surface area (TPSA) is 79.3 Å². The largest absolute Gasteiger partial charge is 0.481 e. The fraction of sp³-hybridized carbons (Fsp3) is 0.643. The normalized spacial score (nSPS) is 12.1. The summed E-state index contributed by atoms with van der Waals surface area (Å²) >= 11 is 3.34. The molecule has 1 heterocycles. The zero-order chi connectivity index (χ0) is 15.7. The highest BCUT2D eigenvalue weighted by molar-refractivity contribution is 7.98. The lowest BCUT2D eigenvalue weighted by Gasteiger charge is -2.07. The Morgan fingerprint density at radius 1 is 1.52 bits per heavy atom. The number of amides is 1. The van der Waals surface area contributed by atoms with Crippen LogP contribution < -0.4 is 5.32 Å². The summed E-state index contributed by atoms with van der Waals surface area (Å²) in [6, 6.07) is 0. The first-order valence-electron chi connectivity index (χ1n) is 6.97. The van der Waals surface area contributed by atoms with E-state index >= 15 is 0 Å². The number of carbonyl (C=O) groups excluding carboxylic acids is 1. The van der Waals surface area contributed by atoms with E-state index in [9.17, 15) is 9.59 Å². The molecule has 0 spiro atoms. The van der Waals surface area contributed by atoms with Gasteiger partial charge in [0.05, 0.1) is 16.6 Å². The molecule has 1 aromatic heterocycles. The van der Waals surface area contributed by atoms with Crippen molar-refractivity contribution in [3.63, 3.8) is 0 Å². The van der Waals surface area contributed by atoms with Crippen molar-refractivity contribution in [2.45, 2.75) is 38.9 Å². The monoisotopic (exact) mass is 330 g/mol. The lowest BCUT2D eigenvalue weighted by molar-refractivity contribution is -0.141. The summed E-state index contributed by atoms with van der Waals surface area (Å²) in [5, 5.41) is 14.7. The van der Waals surface area contributed by atoms with Crippen molar-refractivity contribution in [2.75, 3.05) is 12.3 Å². The van der Waals surface area contributed by atoms with Gasteiger partial charge in [-0.3, -0.25) is 9.59 Å². The second-order valence-electron chi connectivity index (χ2n) is 4.89. The number of thioether (sulfide) groups is 1. The van der Waals surface area contributed by atoms with Crippen LogP contribution in [0.4, 0.5) is 0 Å². The molecule has 0 aliphatic heterocycles. The van der Waals surface area contributed by atoms with Crippen LogP contribution in [-0.4, -0.2) is 34.3 Å². The number of aryl methyl sites for hydroxylation is 1. The highest BCUT2D eigenvalue weighted by Crippen LogP contribution is 2.15. The molecule has 1 aromatic rings. The Hall–Kier alpha value is -1.08. The van der Waals surface area contributed by atoms with Crippen molar-refractivity contribution in [1.29, 1.82) is 0 Å². The van der Waals surface area contributed by atoms with Gasteiger partial charge in [-0.2, -0.15) is 11.8 Å². The van der Waals surface area contributed by atoms with Gasteiger partial charge in [0.2, 0.25) is 5.91 Å². The van der Waals surface area contributed by atoms with Crippen LogP contribution in [0.25, 0.3) is 0 Å². The van der Waals surface area contributed by atoms with E-state index in [0.717, 1.165) is 22.2 Å². The van der Waals surface area contributed by atoms with Gasteiger partial charge < -0.3 is 10.4 Å². The number of carbonyl (C=O) groups is 2. The van der Waals surface area contributed by atoms with Crippen LogP contribution in [0, 0.1) is 12.8 Å². The van der Waals surface area contributed by atoms with Crippen LogP contribution in [0.2, 0.25) is 0 Å². The van der Waals surface area contributed by atoms with Crippen LogP contribution in [0.3, 0.4) is 0 Å². The van der Waals surface area contributed by atoms with E-state index in [4.69, 9.17) is 5.11 Å². The van der Waals surface area contributed by atoms with Crippen molar-refractivity contribution >= 4 is 35.0 Å². The number of hydrogen-bond donors (Lipinski definition) is 2. The number of hydrogen-bond acceptors (Lipinski definition) is 5. The third-order valence-electron chi connectivity index (χ3n) is 2.95. The molecule has 0 fully saturated rings. The minimum absolute atomic E-state index is 0.0277. The van der Waals surface area contributed by atoms with Gasteiger partial charge in [-0.1, -0.05) is 6.92 Å². The maximum Gasteiger partial charge on any atom is 0.306 e. The van der Waals surface area contributed by atoms with Gasteiger partial charge in [-0.05, 0) is 19.8 Å².